The third-order valence-corrected chi connectivity index (χ3v) is 4.07. The number of ether oxygens (including phenoxy) is 1. The lowest BCUT2D eigenvalue weighted by Crippen LogP contribution is -2.44. The van der Waals surface area contributed by atoms with Gasteiger partial charge in [-0.1, -0.05) is 13.8 Å². The molecule has 1 aliphatic heterocycles. The summed E-state index contributed by atoms with van der Waals surface area (Å²) >= 11 is 0. The Balaban J connectivity index is 1.59. The Labute approximate surface area is 99.5 Å². The standard InChI is InChI=1S/C13H26N2O/c1-11(10-15-4-6-16-7-5-15)14-9-12-8-13(12,2)3/h11-12,14H,4-10H2,1-3H3. The van der Waals surface area contributed by atoms with Gasteiger partial charge in [0.25, 0.3) is 0 Å². The molecule has 1 heterocycles. The molecule has 2 unspecified atom stereocenters. The molecule has 0 spiro atoms. The highest BCUT2D eigenvalue weighted by Crippen LogP contribution is 2.50. The number of hydrogen-bond acceptors (Lipinski definition) is 3. The molecule has 0 bridgehead atoms. The monoisotopic (exact) mass is 226 g/mol. The van der Waals surface area contributed by atoms with Crippen LogP contribution in [0.25, 0.3) is 0 Å². The average Bonchev–Trinajstić information content (AvgIpc) is 2.85. The second-order valence-electron chi connectivity index (χ2n) is 6.11. The van der Waals surface area contributed by atoms with E-state index in [4.69, 9.17) is 4.74 Å². The zero-order chi connectivity index (χ0) is 11.6. The second-order valence-corrected chi connectivity index (χ2v) is 6.11. The van der Waals surface area contributed by atoms with E-state index in [1.54, 1.807) is 0 Å². The maximum atomic E-state index is 5.35. The summed E-state index contributed by atoms with van der Waals surface area (Å²) in [5.41, 5.74) is 0.603. The maximum absolute atomic E-state index is 5.35. The third-order valence-electron chi connectivity index (χ3n) is 4.07. The van der Waals surface area contributed by atoms with Crippen LogP contribution in [0.4, 0.5) is 0 Å². The van der Waals surface area contributed by atoms with Gasteiger partial charge >= 0.3 is 0 Å². The van der Waals surface area contributed by atoms with Crippen LogP contribution in [0.2, 0.25) is 0 Å². The van der Waals surface area contributed by atoms with Gasteiger partial charge in [0.15, 0.2) is 0 Å². The molecule has 3 nitrogen and oxygen atoms in total. The third kappa shape index (κ3) is 3.44. The summed E-state index contributed by atoms with van der Waals surface area (Å²) in [6.07, 6.45) is 1.39. The van der Waals surface area contributed by atoms with Crippen LogP contribution >= 0.6 is 0 Å². The molecule has 2 aliphatic rings. The van der Waals surface area contributed by atoms with Crippen molar-refractivity contribution in [2.75, 3.05) is 39.4 Å². The number of nitrogens with one attached hydrogen (secondary N) is 1. The Kier molecular flexibility index (Phi) is 3.88. The van der Waals surface area contributed by atoms with Gasteiger partial charge in [0.1, 0.15) is 0 Å². The largest absolute Gasteiger partial charge is 0.379 e. The van der Waals surface area contributed by atoms with Gasteiger partial charge in [-0.25, -0.2) is 0 Å². The van der Waals surface area contributed by atoms with E-state index in [0.717, 1.165) is 38.8 Å². The Bertz CT molecular complexity index is 224. The van der Waals surface area contributed by atoms with Crippen LogP contribution in [0.15, 0.2) is 0 Å². The lowest BCUT2D eigenvalue weighted by molar-refractivity contribution is 0.0343. The van der Waals surface area contributed by atoms with Crippen LogP contribution in [0, 0.1) is 11.3 Å². The van der Waals surface area contributed by atoms with E-state index in [-0.39, 0.29) is 0 Å². The normalized spacial score (nSPS) is 31.3. The summed E-state index contributed by atoms with van der Waals surface area (Å²) in [4.78, 5) is 2.50. The van der Waals surface area contributed by atoms with Gasteiger partial charge in [0.2, 0.25) is 0 Å². The van der Waals surface area contributed by atoms with Crippen LogP contribution in [-0.2, 0) is 4.74 Å². The summed E-state index contributed by atoms with van der Waals surface area (Å²) in [5, 5.41) is 3.66. The summed E-state index contributed by atoms with van der Waals surface area (Å²) < 4.78 is 5.35. The minimum atomic E-state index is 0.603. The molecule has 0 aromatic rings. The van der Waals surface area contributed by atoms with Gasteiger partial charge in [0, 0.05) is 25.7 Å². The molecule has 0 radical (unpaired) electrons. The van der Waals surface area contributed by atoms with Crippen molar-refractivity contribution in [1.29, 1.82) is 0 Å². The van der Waals surface area contributed by atoms with Gasteiger partial charge < -0.3 is 10.1 Å². The predicted octanol–water partition coefficient (Wildman–Crippen LogP) is 1.34. The highest BCUT2D eigenvalue weighted by molar-refractivity contribution is 4.96. The number of nitrogens with zero attached hydrogens (tertiary/aromatic N) is 1. The molecule has 2 fully saturated rings. The smallest absolute Gasteiger partial charge is 0.0594 e. The van der Waals surface area contributed by atoms with E-state index in [2.05, 4.69) is 31.0 Å². The van der Waals surface area contributed by atoms with Crippen LogP contribution < -0.4 is 5.32 Å². The molecular weight excluding hydrogens is 200 g/mol. The first-order valence-electron chi connectivity index (χ1n) is 6.61. The zero-order valence-corrected chi connectivity index (χ0v) is 11.0. The van der Waals surface area contributed by atoms with Crippen LogP contribution in [-0.4, -0.2) is 50.3 Å². The van der Waals surface area contributed by atoms with Crippen molar-refractivity contribution in [3.63, 3.8) is 0 Å². The first-order chi connectivity index (χ1) is 7.58. The number of rotatable bonds is 5. The van der Waals surface area contributed by atoms with Crippen molar-refractivity contribution in [3.8, 4) is 0 Å². The first-order valence-corrected chi connectivity index (χ1v) is 6.61. The molecule has 0 aromatic heterocycles. The van der Waals surface area contributed by atoms with E-state index in [1.165, 1.54) is 13.0 Å². The van der Waals surface area contributed by atoms with Crippen LogP contribution in [0.1, 0.15) is 27.2 Å². The number of hydrogen-bond donors (Lipinski definition) is 1. The summed E-state index contributed by atoms with van der Waals surface area (Å²) in [6, 6.07) is 0.606. The summed E-state index contributed by atoms with van der Waals surface area (Å²) in [5.74, 6) is 0.902. The first kappa shape index (κ1) is 12.3. The topological polar surface area (TPSA) is 24.5 Å². The van der Waals surface area contributed by atoms with Crippen molar-refractivity contribution in [2.24, 2.45) is 11.3 Å². The lowest BCUT2D eigenvalue weighted by atomic mass is 10.1. The molecule has 2 atom stereocenters. The Hall–Kier alpha value is -0.120. The van der Waals surface area contributed by atoms with Crippen molar-refractivity contribution in [2.45, 2.75) is 33.2 Å². The van der Waals surface area contributed by atoms with Crippen molar-refractivity contribution in [3.05, 3.63) is 0 Å². The molecule has 0 aromatic carbocycles. The van der Waals surface area contributed by atoms with Gasteiger partial charge in [-0.05, 0) is 31.2 Å². The highest BCUT2D eigenvalue weighted by atomic mass is 16.5. The van der Waals surface area contributed by atoms with Gasteiger partial charge in [-0.15, -0.1) is 0 Å². The van der Waals surface area contributed by atoms with Crippen molar-refractivity contribution >= 4 is 0 Å². The Morgan fingerprint density at radius 2 is 2.00 bits per heavy atom. The van der Waals surface area contributed by atoms with E-state index >= 15 is 0 Å². The van der Waals surface area contributed by atoms with E-state index in [9.17, 15) is 0 Å². The SMILES string of the molecule is CC(CN1CCOCC1)NCC1CC1(C)C. The molecular formula is C13H26N2O. The molecule has 16 heavy (non-hydrogen) atoms. The lowest BCUT2D eigenvalue weighted by Gasteiger charge is -2.29. The second kappa shape index (κ2) is 5.03. The fraction of sp³-hybridized carbons (Fsp3) is 1.00. The molecule has 2 rings (SSSR count). The molecule has 1 N–H and O–H groups in total. The molecule has 0 amide bonds. The Morgan fingerprint density at radius 3 is 2.56 bits per heavy atom. The summed E-state index contributed by atoms with van der Waals surface area (Å²) in [7, 11) is 0. The minimum Gasteiger partial charge on any atom is -0.379 e. The highest BCUT2D eigenvalue weighted by Gasteiger charge is 2.44. The van der Waals surface area contributed by atoms with E-state index < -0.39 is 0 Å². The molecule has 1 saturated heterocycles. The molecule has 3 heteroatoms. The fourth-order valence-electron chi connectivity index (χ4n) is 2.50. The van der Waals surface area contributed by atoms with Gasteiger partial charge in [-0.3, -0.25) is 4.90 Å². The van der Waals surface area contributed by atoms with Crippen molar-refractivity contribution in [1.82, 2.24) is 10.2 Å². The van der Waals surface area contributed by atoms with E-state index in [1.807, 2.05) is 0 Å². The zero-order valence-electron chi connectivity index (χ0n) is 11.0. The summed E-state index contributed by atoms with van der Waals surface area (Å²) in [6.45, 7) is 13.4. The van der Waals surface area contributed by atoms with E-state index in [0.29, 0.717) is 11.5 Å². The number of morpholine rings is 1. The molecule has 1 aliphatic carbocycles. The quantitative estimate of drug-likeness (QED) is 0.766. The fourth-order valence-corrected chi connectivity index (χ4v) is 2.50. The van der Waals surface area contributed by atoms with Gasteiger partial charge in [0.05, 0.1) is 13.2 Å². The van der Waals surface area contributed by atoms with Gasteiger partial charge in [-0.2, -0.15) is 0 Å². The Morgan fingerprint density at radius 1 is 1.38 bits per heavy atom. The molecule has 1 saturated carbocycles. The predicted molar refractivity (Wildman–Crippen MR) is 66.6 cm³/mol. The molecule has 94 valence electrons. The van der Waals surface area contributed by atoms with Crippen LogP contribution in [0.3, 0.4) is 0 Å². The van der Waals surface area contributed by atoms with Crippen molar-refractivity contribution < 1.29 is 4.74 Å². The average molecular weight is 226 g/mol. The van der Waals surface area contributed by atoms with Crippen LogP contribution in [0.5, 0.6) is 0 Å². The maximum Gasteiger partial charge on any atom is 0.0594 e. The minimum absolute atomic E-state index is 0.603.